The molecule has 2 aromatic rings. The zero-order valence-electron chi connectivity index (χ0n) is 12.6. The van der Waals surface area contributed by atoms with E-state index in [1.54, 1.807) is 6.07 Å². The highest BCUT2D eigenvalue weighted by Crippen LogP contribution is 2.43. The first-order valence-corrected chi connectivity index (χ1v) is 7.28. The fraction of sp³-hybridized carbons (Fsp3) is 0.500. The van der Waals surface area contributed by atoms with Gasteiger partial charge in [0.25, 0.3) is 0 Å². The Bertz CT molecular complexity index is 721. The van der Waals surface area contributed by atoms with Crippen LogP contribution < -0.4 is 0 Å². The molecule has 0 spiro atoms. The van der Waals surface area contributed by atoms with Gasteiger partial charge in [-0.3, -0.25) is 0 Å². The Morgan fingerprint density at radius 1 is 1.33 bits per heavy atom. The summed E-state index contributed by atoms with van der Waals surface area (Å²) in [6, 6.07) is 3.23. The minimum absolute atomic E-state index is 0.0787. The van der Waals surface area contributed by atoms with Crippen molar-refractivity contribution in [3.05, 3.63) is 23.4 Å². The van der Waals surface area contributed by atoms with Crippen molar-refractivity contribution in [1.82, 2.24) is 9.78 Å². The lowest BCUT2D eigenvalue weighted by Gasteiger charge is -2.26. The van der Waals surface area contributed by atoms with Gasteiger partial charge in [-0.1, -0.05) is 27.2 Å². The van der Waals surface area contributed by atoms with E-state index in [2.05, 4.69) is 25.9 Å². The van der Waals surface area contributed by atoms with Crippen LogP contribution in [0.5, 0.6) is 5.75 Å². The fourth-order valence-corrected chi connectivity index (χ4v) is 2.96. The molecule has 1 aromatic heterocycles. The first kappa shape index (κ1) is 13.9. The summed E-state index contributed by atoms with van der Waals surface area (Å²) >= 11 is 0. The number of aromatic nitrogens is 2. The van der Waals surface area contributed by atoms with Gasteiger partial charge < -0.3 is 10.2 Å². The predicted octanol–water partition coefficient (Wildman–Crippen LogP) is 3.83. The molecule has 0 atom stereocenters. The van der Waals surface area contributed by atoms with Crippen LogP contribution in [0.25, 0.3) is 10.9 Å². The molecule has 0 bridgehead atoms. The molecule has 0 amide bonds. The quantitative estimate of drug-likeness (QED) is 0.836. The normalized spacial score (nSPS) is 16.1. The van der Waals surface area contributed by atoms with Crippen molar-refractivity contribution >= 4 is 17.0 Å². The monoisotopic (exact) mass is 288 g/mol. The van der Waals surface area contributed by atoms with Crippen LogP contribution in [0.15, 0.2) is 12.1 Å². The Kier molecular flexibility index (Phi) is 2.97. The van der Waals surface area contributed by atoms with Gasteiger partial charge >= 0.3 is 6.09 Å². The lowest BCUT2D eigenvalue weighted by atomic mass is 9.78. The van der Waals surface area contributed by atoms with Gasteiger partial charge in [-0.25, -0.2) is 4.79 Å². The van der Waals surface area contributed by atoms with E-state index in [9.17, 15) is 15.0 Å². The summed E-state index contributed by atoms with van der Waals surface area (Å²) in [4.78, 5) is 11.4. The lowest BCUT2D eigenvalue weighted by molar-refractivity contribution is 0.193. The van der Waals surface area contributed by atoms with Crippen molar-refractivity contribution in [3.8, 4) is 5.75 Å². The number of hydrogen-bond donors (Lipinski definition) is 2. The summed E-state index contributed by atoms with van der Waals surface area (Å²) in [5.74, 6) is 0.411. The summed E-state index contributed by atoms with van der Waals surface area (Å²) in [6.45, 7) is 6.18. The Labute approximate surface area is 123 Å². The van der Waals surface area contributed by atoms with Gasteiger partial charge in [0.05, 0.1) is 11.2 Å². The van der Waals surface area contributed by atoms with Crippen LogP contribution >= 0.6 is 0 Å². The van der Waals surface area contributed by atoms with Crippen molar-refractivity contribution in [3.63, 3.8) is 0 Å². The van der Waals surface area contributed by atoms with Crippen LogP contribution in [0.2, 0.25) is 0 Å². The average Bonchev–Trinajstić information content (AvgIpc) is 2.64. The molecule has 5 nitrogen and oxygen atoms in total. The first-order valence-electron chi connectivity index (χ1n) is 7.28. The van der Waals surface area contributed by atoms with E-state index < -0.39 is 6.09 Å². The predicted molar refractivity (Wildman–Crippen MR) is 80.1 cm³/mol. The van der Waals surface area contributed by atoms with Crippen LogP contribution in [-0.4, -0.2) is 26.1 Å². The maximum Gasteiger partial charge on any atom is 0.432 e. The Hall–Kier alpha value is -2.04. The Balaban J connectivity index is 2.38. The summed E-state index contributed by atoms with van der Waals surface area (Å²) in [7, 11) is 0. The van der Waals surface area contributed by atoms with Gasteiger partial charge in [0.15, 0.2) is 0 Å². The highest BCUT2D eigenvalue weighted by Gasteiger charge is 2.31. The molecule has 2 N–H and O–H groups in total. The average molecular weight is 288 g/mol. The van der Waals surface area contributed by atoms with Crippen molar-refractivity contribution in [2.45, 2.75) is 51.4 Å². The number of benzene rings is 1. The number of hydrogen-bond acceptors (Lipinski definition) is 3. The molecule has 0 aliphatic heterocycles. The van der Waals surface area contributed by atoms with Crippen molar-refractivity contribution < 1.29 is 15.0 Å². The fourth-order valence-electron chi connectivity index (χ4n) is 2.96. The van der Waals surface area contributed by atoms with E-state index in [0.29, 0.717) is 11.4 Å². The number of aromatic hydroxyl groups is 1. The molecule has 1 heterocycles. The van der Waals surface area contributed by atoms with Crippen LogP contribution in [0.3, 0.4) is 0 Å². The van der Waals surface area contributed by atoms with Gasteiger partial charge in [0, 0.05) is 17.4 Å². The van der Waals surface area contributed by atoms with Crippen LogP contribution in [0.1, 0.15) is 57.2 Å². The third-order valence-corrected chi connectivity index (χ3v) is 4.28. The third-order valence-electron chi connectivity index (χ3n) is 4.28. The Morgan fingerprint density at radius 2 is 2.00 bits per heavy atom. The van der Waals surface area contributed by atoms with Crippen LogP contribution in [0, 0.1) is 0 Å². The molecule has 0 unspecified atom stereocenters. The maximum absolute atomic E-state index is 11.4. The van der Waals surface area contributed by atoms with E-state index in [1.807, 2.05) is 0 Å². The van der Waals surface area contributed by atoms with Crippen molar-refractivity contribution in [2.24, 2.45) is 0 Å². The third kappa shape index (κ3) is 2.17. The van der Waals surface area contributed by atoms with Crippen LogP contribution in [-0.2, 0) is 5.41 Å². The van der Waals surface area contributed by atoms with Crippen molar-refractivity contribution in [1.29, 1.82) is 0 Å². The second-order valence-corrected chi connectivity index (χ2v) is 6.84. The molecule has 1 aliphatic carbocycles. The minimum Gasteiger partial charge on any atom is -0.508 e. The molecule has 112 valence electrons. The molecule has 5 heteroatoms. The van der Waals surface area contributed by atoms with Gasteiger partial charge in [-0.2, -0.15) is 9.78 Å². The molecule has 1 saturated carbocycles. The zero-order chi connectivity index (χ0) is 15.4. The van der Waals surface area contributed by atoms with Crippen LogP contribution in [0.4, 0.5) is 4.79 Å². The standard InChI is InChI=1S/C16H20N2O3/c1-16(2,3)11-7-10(19)8-12-13(11)14(9-5-4-6-9)17-18(12)15(20)21/h7-9,19H,4-6H2,1-3H3,(H,20,21). The smallest absolute Gasteiger partial charge is 0.432 e. The topological polar surface area (TPSA) is 75.4 Å². The number of rotatable bonds is 1. The minimum atomic E-state index is -1.11. The SMILES string of the molecule is CC(C)(C)c1cc(O)cc2c1c(C1CCC1)nn2C(=O)O. The largest absolute Gasteiger partial charge is 0.508 e. The maximum atomic E-state index is 11.4. The number of carbonyl (C=O) groups is 1. The number of phenolic OH excluding ortho intramolecular Hbond substituents is 1. The number of nitrogens with zero attached hydrogens (tertiary/aromatic N) is 2. The zero-order valence-corrected chi connectivity index (χ0v) is 12.6. The number of phenols is 1. The van der Waals surface area contributed by atoms with Gasteiger partial charge in [-0.15, -0.1) is 0 Å². The second kappa shape index (κ2) is 4.48. The van der Waals surface area contributed by atoms with Gasteiger partial charge in [0.1, 0.15) is 5.75 Å². The summed E-state index contributed by atoms with van der Waals surface area (Å²) in [6.07, 6.45) is 2.15. The molecule has 1 aliphatic rings. The van der Waals surface area contributed by atoms with Gasteiger partial charge in [0.2, 0.25) is 0 Å². The summed E-state index contributed by atoms with van der Waals surface area (Å²) < 4.78 is 0.998. The Morgan fingerprint density at radius 3 is 2.48 bits per heavy atom. The lowest BCUT2D eigenvalue weighted by Crippen LogP contribution is -2.14. The number of fused-ring (bicyclic) bond motifs is 1. The highest BCUT2D eigenvalue weighted by molar-refractivity contribution is 5.93. The van der Waals surface area contributed by atoms with E-state index in [0.717, 1.165) is 40.6 Å². The van der Waals surface area contributed by atoms with Crippen molar-refractivity contribution in [2.75, 3.05) is 0 Å². The molecule has 0 saturated heterocycles. The van der Waals surface area contributed by atoms with E-state index in [-0.39, 0.29) is 11.2 Å². The molecular formula is C16H20N2O3. The second-order valence-electron chi connectivity index (χ2n) is 6.84. The number of carboxylic acid groups (broad SMARTS) is 1. The molecule has 1 fully saturated rings. The van der Waals surface area contributed by atoms with E-state index in [1.165, 1.54) is 6.07 Å². The highest BCUT2D eigenvalue weighted by atomic mass is 16.4. The summed E-state index contributed by atoms with van der Waals surface area (Å²) in [5.41, 5.74) is 2.10. The molecule has 1 aromatic carbocycles. The molecule has 21 heavy (non-hydrogen) atoms. The van der Waals surface area contributed by atoms with E-state index >= 15 is 0 Å². The first-order chi connectivity index (χ1) is 9.79. The molecular weight excluding hydrogens is 268 g/mol. The molecule has 3 rings (SSSR count). The van der Waals surface area contributed by atoms with Gasteiger partial charge in [-0.05, 0) is 29.9 Å². The molecule has 0 radical (unpaired) electrons. The van der Waals surface area contributed by atoms with E-state index in [4.69, 9.17) is 0 Å². The summed E-state index contributed by atoms with van der Waals surface area (Å²) in [5, 5.41) is 24.6.